The highest BCUT2D eigenvalue weighted by molar-refractivity contribution is 5.90. The van der Waals surface area contributed by atoms with Crippen LogP contribution in [0.4, 0.5) is 4.39 Å². The molecule has 2 aromatic carbocycles. The lowest BCUT2D eigenvalue weighted by Gasteiger charge is -2.19. The van der Waals surface area contributed by atoms with Crippen molar-refractivity contribution in [2.24, 2.45) is 0 Å². The number of benzene rings is 2. The van der Waals surface area contributed by atoms with E-state index in [1.54, 1.807) is 19.1 Å². The average Bonchev–Trinajstić information content (AvgIpc) is 2.65. The highest BCUT2D eigenvalue weighted by atomic mass is 19.1. The minimum atomic E-state index is -1.04. The van der Waals surface area contributed by atoms with Crippen molar-refractivity contribution in [1.82, 2.24) is 10.6 Å². The van der Waals surface area contributed by atoms with Gasteiger partial charge in [-0.25, -0.2) is 4.39 Å². The highest BCUT2D eigenvalue weighted by Gasteiger charge is 2.23. The number of hydrogen-bond donors (Lipinski definition) is 3. The third-order valence-corrected chi connectivity index (χ3v) is 3.89. The SMILES string of the molecule is CC(C(=O)N[C@@H](CO)C(=O)NCc1ccc(F)cc1)c1ccccc1. The number of hydrogen-bond acceptors (Lipinski definition) is 3. The van der Waals surface area contributed by atoms with Crippen LogP contribution in [-0.2, 0) is 16.1 Å². The van der Waals surface area contributed by atoms with E-state index in [0.29, 0.717) is 0 Å². The fourth-order valence-corrected chi connectivity index (χ4v) is 2.30. The Morgan fingerprint density at radius 2 is 1.68 bits per heavy atom. The predicted octanol–water partition coefficient (Wildman–Crippen LogP) is 1.72. The van der Waals surface area contributed by atoms with Crippen molar-refractivity contribution >= 4 is 11.8 Å². The van der Waals surface area contributed by atoms with Crippen LogP contribution in [0.25, 0.3) is 0 Å². The van der Waals surface area contributed by atoms with Crippen LogP contribution in [0, 0.1) is 5.82 Å². The van der Waals surface area contributed by atoms with Gasteiger partial charge in [-0.3, -0.25) is 9.59 Å². The lowest BCUT2D eigenvalue weighted by atomic mass is 10.00. The zero-order valence-electron chi connectivity index (χ0n) is 13.9. The molecule has 0 radical (unpaired) electrons. The molecule has 2 atom stereocenters. The van der Waals surface area contributed by atoms with Gasteiger partial charge in [-0.1, -0.05) is 42.5 Å². The molecular formula is C19H21FN2O3. The molecular weight excluding hydrogens is 323 g/mol. The van der Waals surface area contributed by atoms with Gasteiger partial charge in [0.1, 0.15) is 11.9 Å². The first kappa shape index (κ1) is 18.6. The summed E-state index contributed by atoms with van der Waals surface area (Å²) < 4.78 is 12.9. The second-order valence-electron chi connectivity index (χ2n) is 5.72. The first-order chi connectivity index (χ1) is 12.0. The molecule has 2 aromatic rings. The fraction of sp³-hybridized carbons (Fsp3) is 0.263. The second-order valence-corrected chi connectivity index (χ2v) is 5.72. The third-order valence-electron chi connectivity index (χ3n) is 3.89. The summed E-state index contributed by atoms with van der Waals surface area (Å²) in [4.78, 5) is 24.4. The highest BCUT2D eigenvalue weighted by Crippen LogP contribution is 2.14. The van der Waals surface area contributed by atoms with E-state index in [4.69, 9.17) is 0 Å². The van der Waals surface area contributed by atoms with Gasteiger partial charge in [0, 0.05) is 6.54 Å². The molecule has 2 amide bonds. The van der Waals surface area contributed by atoms with E-state index in [0.717, 1.165) is 11.1 Å². The monoisotopic (exact) mass is 344 g/mol. The maximum Gasteiger partial charge on any atom is 0.245 e. The lowest BCUT2D eigenvalue weighted by Crippen LogP contribution is -2.49. The van der Waals surface area contributed by atoms with Gasteiger partial charge in [-0.15, -0.1) is 0 Å². The third kappa shape index (κ3) is 5.39. The van der Waals surface area contributed by atoms with Crippen LogP contribution in [-0.4, -0.2) is 29.6 Å². The van der Waals surface area contributed by atoms with Gasteiger partial charge in [-0.05, 0) is 30.2 Å². The molecule has 5 nitrogen and oxygen atoms in total. The van der Waals surface area contributed by atoms with Crippen molar-refractivity contribution < 1.29 is 19.1 Å². The molecule has 0 spiro atoms. The van der Waals surface area contributed by atoms with E-state index in [1.165, 1.54) is 12.1 Å². The van der Waals surface area contributed by atoms with Crippen molar-refractivity contribution in [3.8, 4) is 0 Å². The van der Waals surface area contributed by atoms with Crippen LogP contribution in [0.2, 0.25) is 0 Å². The molecule has 2 rings (SSSR count). The Morgan fingerprint density at radius 1 is 1.04 bits per heavy atom. The summed E-state index contributed by atoms with van der Waals surface area (Å²) in [5.74, 6) is -1.65. The number of aliphatic hydroxyl groups is 1. The molecule has 0 fully saturated rings. The number of halogens is 1. The van der Waals surface area contributed by atoms with Gasteiger partial charge in [0.2, 0.25) is 11.8 Å². The van der Waals surface area contributed by atoms with E-state index in [9.17, 15) is 19.1 Å². The van der Waals surface area contributed by atoms with Crippen molar-refractivity contribution in [3.05, 3.63) is 71.5 Å². The number of aliphatic hydroxyl groups excluding tert-OH is 1. The van der Waals surface area contributed by atoms with Crippen molar-refractivity contribution in [2.45, 2.75) is 25.4 Å². The van der Waals surface area contributed by atoms with Crippen LogP contribution in [0.15, 0.2) is 54.6 Å². The van der Waals surface area contributed by atoms with E-state index >= 15 is 0 Å². The normalized spacial score (nSPS) is 12.9. The molecule has 6 heteroatoms. The maximum atomic E-state index is 12.9. The Balaban J connectivity index is 1.90. The first-order valence-corrected chi connectivity index (χ1v) is 7.99. The van der Waals surface area contributed by atoms with Crippen LogP contribution < -0.4 is 10.6 Å². The molecule has 0 saturated heterocycles. The predicted molar refractivity (Wildman–Crippen MR) is 92.1 cm³/mol. The molecule has 0 aliphatic heterocycles. The molecule has 132 valence electrons. The smallest absolute Gasteiger partial charge is 0.245 e. The molecule has 0 saturated carbocycles. The molecule has 0 bridgehead atoms. The van der Waals surface area contributed by atoms with E-state index in [2.05, 4.69) is 10.6 Å². The summed E-state index contributed by atoms with van der Waals surface area (Å²) in [6, 6.07) is 13.8. The Hall–Kier alpha value is -2.73. The topological polar surface area (TPSA) is 78.4 Å². The Morgan fingerprint density at radius 3 is 2.28 bits per heavy atom. The van der Waals surface area contributed by atoms with Gasteiger partial charge in [0.25, 0.3) is 0 Å². The summed E-state index contributed by atoms with van der Waals surface area (Å²) in [7, 11) is 0. The zero-order chi connectivity index (χ0) is 18.2. The minimum Gasteiger partial charge on any atom is -0.394 e. The lowest BCUT2D eigenvalue weighted by molar-refractivity contribution is -0.130. The van der Waals surface area contributed by atoms with Gasteiger partial charge < -0.3 is 15.7 Å². The standard InChI is InChI=1S/C19H21FN2O3/c1-13(15-5-3-2-4-6-15)18(24)22-17(12-23)19(25)21-11-14-7-9-16(20)10-8-14/h2-10,13,17,23H,11-12H2,1H3,(H,21,25)(H,22,24)/t13?,17-/m0/s1. The molecule has 25 heavy (non-hydrogen) atoms. The average molecular weight is 344 g/mol. The minimum absolute atomic E-state index is 0.180. The molecule has 0 aliphatic rings. The Kier molecular flexibility index (Phi) is 6.65. The van der Waals surface area contributed by atoms with E-state index in [-0.39, 0.29) is 18.3 Å². The number of carbonyl (C=O) groups excluding carboxylic acids is 2. The van der Waals surface area contributed by atoms with Crippen molar-refractivity contribution in [3.63, 3.8) is 0 Å². The summed E-state index contributed by atoms with van der Waals surface area (Å²) in [5, 5.41) is 14.6. The summed E-state index contributed by atoms with van der Waals surface area (Å²) in [6.07, 6.45) is 0. The molecule has 3 N–H and O–H groups in total. The van der Waals surface area contributed by atoms with Crippen LogP contribution >= 0.6 is 0 Å². The molecule has 0 aliphatic carbocycles. The molecule has 1 unspecified atom stereocenters. The maximum absolute atomic E-state index is 12.9. The summed E-state index contributed by atoms with van der Waals surface area (Å²) in [6.45, 7) is 1.40. The van der Waals surface area contributed by atoms with Crippen LogP contribution in [0.1, 0.15) is 24.0 Å². The van der Waals surface area contributed by atoms with Gasteiger partial charge in [0.15, 0.2) is 0 Å². The van der Waals surface area contributed by atoms with Crippen molar-refractivity contribution in [2.75, 3.05) is 6.61 Å². The first-order valence-electron chi connectivity index (χ1n) is 7.99. The number of carbonyl (C=O) groups is 2. The summed E-state index contributed by atoms with van der Waals surface area (Å²) in [5.41, 5.74) is 1.54. The number of rotatable bonds is 7. The largest absolute Gasteiger partial charge is 0.394 e. The van der Waals surface area contributed by atoms with Gasteiger partial charge >= 0.3 is 0 Å². The Bertz CT molecular complexity index is 704. The quantitative estimate of drug-likeness (QED) is 0.716. The van der Waals surface area contributed by atoms with Crippen LogP contribution in [0.5, 0.6) is 0 Å². The number of amides is 2. The summed E-state index contributed by atoms with van der Waals surface area (Å²) >= 11 is 0. The second kappa shape index (κ2) is 8.94. The van der Waals surface area contributed by atoms with E-state index < -0.39 is 24.5 Å². The zero-order valence-corrected chi connectivity index (χ0v) is 13.9. The van der Waals surface area contributed by atoms with E-state index in [1.807, 2.05) is 30.3 Å². The van der Waals surface area contributed by atoms with Crippen LogP contribution in [0.3, 0.4) is 0 Å². The number of nitrogens with one attached hydrogen (secondary N) is 2. The molecule has 0 heterocycles. The van der Waals surface area contributed by atoms with Gasteiger partial charge in [0.05, 0.1) is 12.5 Å². The van der Waals surface area contributed by atoms with Gasteiger partial charge in [-0.2, -0.15) is 0 Å². The molecule has 0 aromatic heterocycles. The Labute approximate surface area is 145 Å². The fourth-order valence-electron chi connectivity index (χ4n) is 2.30. The van der Waals surface area contributed by atoms with Crippen molar-refractivity contribution in [1.29, 1.82) is 0 Å².